The maximum atomic E-state index is 12.4. The van der Waals surface area contributed by atoms with Crippen molar-refractivity contribution < 1.29 is 18.0 Å². The van der Waals surface area contributed by atoms with Crippen molar-refractivity contribution >= 4 is 33.1 Å². The van der Waals surface area contributed by atoms with Crippen molar-refractivity contribution in [2.75, 3.05) is 22.4 Å². The summed E-state index contributed by atoms with van der Waals surface area (Å²) in [5.74, 6) is -0.641. The van der Waals surface area contributed by atoms with E-state index in [1.807, 2.05) is 26.0 Å². The first-order valence-corrected chi connectivity index (χ1v) is 9.89. The van der Waals surface area contributed by atoms with Gasteiger partial charge in [-0.1, -0.05) is 24.3 Å². The largest absolute Gasteiger partial charge is 0.324 e. The van der Waals surface area contributed by atoms with Crippen molar-refractivity contribution in [3.8, 4) is 0 Å². The van der Waals surface area contributed by atoms with Gasteiger partial charge in [0.2, 0.25) is 15.9 Å². The number of rotatable bonds is 6. The van der Waals surface area contributed by atoms with E-state index in [-0.39, 0.29) is 18.0 Å². The summed E-state index contributed by atoms with van der Waals surface area (Å²) < 4.78 is 25.4. The number of hydrogen-bond donors (Lipinski definition) is 1. The summed E-state index contributed by atoms with van der Waals surface area (Å²) in [7, 11) is -3.70. The highest BCUT2D eigenvalue weighted by Crippen LogP contribution is 2.21. The molecule has 0 saturated heterocycles. The summed E-state index contributed by atoms with van der Waals surface area (Å²) in [5.41, 5.74) is 3.24. The van der Waals surface area contributed by atoms with Crippen LogP contribution in [0.25, 0.3) is 0 Å². The average molecular weight is 374 g/mol. The number of carbonyl (C=O) groups is 2. The van der Waals surface area contributed by atoms with Crippen LogP contribution in [0.2, 0.25) is 0 Å². The monoisotopic (exact) mass is 374 g/mol. The fourth-order valence-corrected chi connectivity index (χ4v) is 3.33. The number of anilines is 2. The van der Waals surface area contributed by atoms with Gasteiger partial charge in [0, 0.05) is 11.3 Å². The van der Waals surface area contributed by atoms with Crippen LogP contribution in [0.4, 0.5) is 11.4 Å². The number of nitrogens with one attached hydrogen (secondary N) is 1. The second kappa shape index (κ2) is 7.70. The van der Waals surface area contributed by atoms with E-state index < -0.39 is 15.9 Å². The van der Waals surface area contributed by atoms with E-state index in [2.05, 4.69) is 5.32 Å². The zero-order chi connectivity index (χ0) is 19.5. The van der Waals surface area contributed by atoms with E-state index in [1.165, 1.54) is 13.0 Å². The third-order valence-corrected chi connectivity index (χ3v) is 5.25. The third kappa shape index (κ3) is 4.70. The van der Waals surface area contributed by atoms with Gasteiger partial charge in [-0.3, -0.25) is 13.9 Å². The summed E-state index contributed by atoms with van der Waals surface area (Å²) >= 11 is 0. The first kappa shape index (κ1) is 19.7. The number of benzene rings is 2. The minimum atomic E-state index is -3.70. The number of amides is 1. The van der Waals surface area contributed by atoms with E-state index in [9.17, 15) is 18.0 Å². The van der Waals surface area contributed by atoms with Gasteiger partial charge in [0.1, 0.15) is 6.54 Å². The zero-order valence-electron chi connectivity index (χ0n) is 15.2. The van der Waals surface area contributed by atoms with Gasteiger partial charge in [0.25, 0.3) is 0 Å². The van der Waals surface area contributed by atoms with Crippen LogP contribution >= 0.6 is 0 Å². The molecule has 6 nitrogen and oxygen atoms in total. The standard InChI is InChI=1S/C19H22N2O4S/c1-13-7-5-10-18(14(13)2)20-19(23)12-21(26(4,24)25)17-9-6-8-16(11-17)15(3)22/h5-11H,12H2,1-4H3,(H,20,23). The Hall–Kier alpha value is -2.67. The quantitative estimate of drug-likeness (QED) is 0.788. The molecular formula is C19H22N2O4S. The smallest absolute Gasteiger partial charge is 0.245 e. The Balaban J connectivity index is 2.29. The predicted molar refractivity (Wildman–Crippen MR) is 103 cm³/mol. The van der Waals surface area contributed by atoms with Gasteiger partial charge < -0.3 is 5.32 Å². The molecule has 0 aliphatic carbocycles. The van der Waals surface area contributed by atoms with Crippen molar-refractivity contribution in [1.29, 1.82) is 0 Å². The fraction of sp³-hybridized carbons (Fsp3) is 0.263. The molecule has 2 aromatic rings. The van der Waals surface area contributed by atoms with Crippen LogP contribution in [-0.2, 0) is 14.8 Å². The zero-order valence-corrected chi connectivity index (χ0v) is 16.1. The Labute approximate surface area is 153 Å². The van der Waals surface area contributed by atoms with Gasteiger partial charge in [-0.05, 0) is 50.1 Å². The van der Waals surface area contributed by atoms with E-state index >= 15 is 0 Å². The highest BCUT2D eigenvalue weighted by Gasteiger charge is 2.22. The van der Waals surface area contributed by atoms with Gasteiger partial charge in [0.15, 0.2) is 5.78 Å². The minimum absolute atomic E-state index is 0.180. The number of ketones is 1. The molecule has 138 valence electrons. The number of nitrogens with zero attached hydrogens (tertiary/aromatic N) is 1. The summed E-state index contributed by atoms with van der Waals surface area (Å²) in [6, 6.07) is 11.7. The van der Waals surface area contributed by atoms with Crippen molar-refractivity contribution in [3.63, 3.8) is 0 Å². The molecule has 2 rings (SSSR count). The number of hydrogen-bond acceptors (Lipinski definition) is 4. The van der Waals surface area contributed by atoms with Crippen molar-refractivity contribution in [3.05, 3.63) is 59.2 Å². The molecule has 26 heavy (non-hydrogen) atoms. The molecule has 1 N–H and O–H groups in total. The molecule has 2 aromatic carbocycles. The summed E-state index contributed by atoms with van der Waals surface area (Å²) in [6.45, 7) is 4.83. The van der Waals surface area contributed by atoms with Gasteiger partial charge in [0.05, 0.1) is 11.9 Å². The van der Waals surface area contributed by atoms with Gasteiger partial charge >= 0.3 is 0 Å². The van der Waals surface area contributed by atoms with Gasteiger partial charge in [-0.2, -0.15) is 0 Å². The Morgan fingerprint density at radius 2 is 1.73 bits per heavy atom. The van der Waals surface area contributed by atoms with E-state index in [4.69, 9.17) is 0 Å². The molecule has 0 bridgehead atoms. The molecule has 0 saturated carbocycles. The SMILES string of the molecule is CC(=O)c1cccc(N(CC(=O)Nc2cccc(C)c2C)S(C)(=O)=O)c1. The van der Waals surface area contributed by atoms with Crippen molar-refractivity contribution in [2.45, 2.75) is 20.8 Å². The second-order valence-corrected chi connectivity index (χ2v) is 8.08. The molecule has 0 aliphatic heterocycles. The first-order chi connectivity index (χ1) is 12.1. The molecular weight excluding hydrogens is 352 g/mol. The summed E-state index contributed by atoms with van der Waals surface area (Å²) in [5, 5.41) is 2.75. The molecule has 0 spiro atoms. The molecule has 0 aliphatic rings. The van der Waals surface area contributed by atoms with Crippen molar-refractivity contribution in [2.24, 2.45) is 0 Å². The Kier molecular flexibility index (Phi) is 5.82. The van der Waals surface area contributed by atoms with E-state index in [0.717, 1.165) is 21.7 Å². The number of Topliss-reactive ketones (excluding diaryl/α,β-unsaturated/α-hetero) is 1. The Bertz CT molecular complexity index is 952. The minimum Gasteiger partial charge on any atom is -0.324 e. The Morgan fingerprint density at radius 1 is 1.08 bits per heavy atom. The lowest BCUT2D eigenvalue weighted by atomic mass is 10.1. The average Bonchev–Trinajstić information content (AvgIpc) is 2.56. The normalized spacial score (nSPS) is 11.1. The Morgan fingerprint density at radius 3 is 2.35 bits per heavy atom. The topological polar surface area (TPSA) is 83.6 Å². The maximum Gasteiger partial charge on any atom is 0.245 e. The molecule has 0 heterocycles. The summed E-state index contributed by atoms with van der Waals surface area (Å²) in [4.78, 5) is 24.0. The molecule has 0 atom stereocenters. The lowest BCUT2D eigenvalue weighted by molar-refractivity contribution is -0.114. The number of sulfonamides is 1. The molecule has 0 radical (unpaired) electrons. The predicted octanol–water partition coefficient (Wildman–Crippen LogP) is 2.91. The lowest BCUT2D eigenvalue weighted by Gasteiger charge is -2.22. The van der Waals surface area contributed by atoms with Gasteiger partial charge in [-0.25, -0.2) is 8.42 Å². The molecule has 0 fully saturated rings. The van der Waals surface area contributed by atoms with Crippen LogP contribution in [0.5, 0.6) is 0 Å². The molecule has 0 aromatic heterocycles. The van der Waals surface area contributed by atoms with Gasteiger partial charge in [-0.15, -0.1) is 0 Å². The van der Waals surface area contributed by atoms with E-state index in [1.54, 1.807) is 24.3 Å². The summed E-state index contributed by atoms with van der Waals surface area (Å²) in [6.07, 6.45) is 1.03. The maximum absolute atomic E-state index is 12.4. The highest BCUT2D eigenvalue weighted by atomic mass is 32.2. The third-order valence-electron chi connectivity index (χ3n) is 4.11. The van der Waals surface area contributed by atoms with Crippen molar-refractivity contribution in [1.82, 2.24) is 0 Å². The first-order valence-electron chi connectivity index (χ1n) is 8.04. The fourth-order valence-electron chi connectivity index (χ4n) is 2.49. The molecule has 0 unspecified atom stereocenters. The molecule has 1 amide bonds. The van der Waals surface area contributed by atoms with Crippen LogP contribution < -0.4 is 9.62 Å². The highest BCUT2D eigenvalue weighted by molar-refractivity contribution is 7.92. The van der Waals surface area contributed by atoms with Crippen LogP contribution in [0.15, 0.2) is 42.5 Å². The van der Waals surface area contributed by atoms with E-state index in [0.29, 0.717) is 11.3 Å². The second-order valence-electron chi connectivity index (χ2n) is 6.17. The number of carbonyl (C=O) groups excluding carboxylic acids is 2. The lowest BCUT2D eigenvalue weighted by Crippen LogP contribution is -2.37. The molecule has 7 heteroatoms. The van der Waals surface area contributed by atoms with Crippen LogP contribution in [-0.4, -0.2) is 32.9 Å². The van der Waals surface area contributed by atoms with Crippen LogP contribution in [0, 0.1) is 13.8 Å². The number of aryl methyl sites for hydroxylation is 1. The van der Waals surface area contributed by atoms with Crippen LogP contribution in [0.1, 0.15) is 28.4 Å². The van der Waals surface area contributed by atoms with Crippen LogP contribution in [0.3, 0.4) is 0 Å².